The third-order valence-electron chi connectivity index (χ3n) is 2.50. The van der Waals surface area contributed by atoms with Crippen LogP contribution in [0.15, 0.2) is 12.3 Å². The zero-order valence-electron chi connectivity index (χ0n) is 10.3. The van der Waals surface area contributed by atoms with Gasteiger partial charge in [-0.2, -0.15) is 0 Å². The number of allylic oxidation sites excluding steroid dienone is 1. The fraction of sp³-hybridized carbons (Fsp3) is 0.846. The number of hydrogen-bond acceptors (Lipinski definition) is 2. The van der Waals surface area contributed by atoms with Crippen LogP contribution in [0.2, 0.25) is 0 Å². The lowest BCUT2D eigenvalue weighted by Crippen LogP contribution is -2.16. The summed E-state index contributed by atoms with van der Waals surface area (Å²) in [5.41, 5.74) is 5.35. The van der Waals surface area contributed by atoms with E-state index in [1.807, 2.05) is 6.20 Å². The van der Waals surface area contributed by atoms with Crippen molar-refractivity contribution in [1.82, 2.24) is 5.32 Å². The molecule has 0 amide bonds. The van der Waals surface area contributed by atoms with Crippen LogP contribution < -0.4 is 11.1 Å². The van der Waals surface area contributed by atoms with Crippen LogP contribution >= 0.6 is 0 Å². The maximum absolute atomic E-state index is 5.35. The quantitative estimate of drug-likeness (QED) is 0.516. The Morgan fingerprint density at radius 3 is 2.33 bits per heavy atom. The average molecular weight is 212 g/mol. The lowest BCUT2D eigenvalue weighted by Gasteiger charge is -1.99. The zero-order chi connectivity index (χ0) is 11.2. The molecule has 0 saturated carbocycles. The van der Waals surface area contributed by atoms with Crippen molar-refractivity contribution >= 4 is 0 Å². The summed E-state index contributed by atoms with van der Waals surface area (Å²) in [4.78, 5) is 0. The highest BCUT2D eigenvalue weighted by Crippen LogP contribution is 2.08. The van der Waals surface area contributed by atoms with Crippen molar-refractivity contribution in [1.29, 1.82) is 0 Å². The van der Waals surface area contributed by atoms with Crippen molar-refractivity contribution in [3.8, 4) is 0 Å². The van der Waals surface area contributed by atoms with Gasteiger partial charge in [0.15, 0.2) is 0 Å². The first-order valence-electron chi connectivity index (χ1n) is 6.50. The number of rotatable bonds is 11. The molecule has 0 heterocycles. The molecule has 0 fully saturated rings. The molecule has 0 aromatic rings. The van der Waals surface area contributed by atoms with E-state index in [0.717, 1.165) is 6.54 Å². The number of hydrogen-bond donors (Lipinski definition) is 2. The first-order valence-corrected chi connectivity index (χ1v) is 6.50. The molecule has 15 heavy (non-hydrogen) atoms. The average Bonchev–Trinajstić information content (AvgIpc) is 2.26. The van der Waals surface area contributed by atoms with Crippen LogP contribution in [-0.4, -0.2) is 13.1 Å². The van der Waals surface area contributed by atoms with Crippen LogP contribution in [0.1, 0.15) is 58.3 Å². The minimum atomic E-state index is 0.710. The lowest BCUT2D eigenvalue weighted by atomic mass is 10.1. The van der Waals surface area contributed by atoms with E-state index >= 15 is 0 Å². The fourth-order valence-electron chi connectivity index (χ4n) is 1.55. The molecule has 0 aliphatic rings. The number of nitrogens with two attached hydrogens (primary N) is 1. The Balaban J connectivity index is 2.95. The van der Waals surface area contributed by atoms with Gasteiger partial charge in [0.25, 0.3) is 0 Å². The van der Waals surface area contributed by atoms with Crippen LogP contribution in [0, 0.1) is 0 Å². The molecular formula is C13H28N2. The fourth-order valence-corrected chi connectivity index (χ4v) is 1.55. The van der Waals surface area contributed by atoms with Crippen LogP contribution in [0.5, 0.6) is 0 Å². The summed E-state index contributed by atoms with van der Waals surface area (Å²) in [6.07, 6.45) is 15.1. The molecule has 0 rings (SSSR count). The van der Waals surface area contributed by atoms with Crippen LogP contribution in [0.4, 0.5) is 0 Å². The van der Waals surface area contributed by atoms with Crippen molar-refractivity contribution in [2.24, 2.45) is 5.73 Å². The molecule has 3 N–H and O–H groups in total. The monoisotopic (exact) mass is 212 g/mol. The van der Waals surface area contributed by atoms with Crippen LogP contribution in [0.25, 0.3) is 0 Å². The minimum Gasteiger partial charge on any atom is -0.390 e. The third kappa shape index (κ3) is 13.5. The van der Waals surface area contributed by atoms with E-state index in [-0.39, 0.29) is 0 Å². The Hall–Kier alpha value is -0.500. The summed E-state index contributed by atoms with van der Waals surface area (Å²) < 4.78 is 0. The van der Waals surface area contributed by atoms with E-state index in [9.17, 15) is 0 Å². The standard InChI is InChI=1S/C13H28N2/c1-2-3-4-5-6-7-8-9-10-12-15-13-11-14/h10,12,15H,2-9,11,13-14H2,1H3/b12-10+. The summed E-state index contributed by atoms with van der Waals surface area (Å²) in [5, 5.41) is 3.15. The van der Waals surface area contributed by atoms with Gasteiger partial charge in [-0.05, 0) is 19.0 Å². The van der Waals surface area contributed by atoms with E-state index in [1.54, 1.807) is 0 Å². The Morgan fingerprint density at radius 1 is 1.00 bits per heavy atom. The summed E-state index contributed by atoms with van der Waals surface area (Å²) >= 11 is 0. The molecule has 0 spiro atoms. The predicted octanol–water partition coefficient (Wildman–Crippen LogP) is 3.19. The highest BCUT2D eigenvalue weighted by atomic mass is 14.8. The molecule has 2 nitrogen and oxygen atoms in total. The topological polar surface area (TPSA) is 38.0 Å². The third-order valence-corrected chi connectivity index (χ3v) is 2.50. The Labute approximate surface area is 95.3 Å². The first-order chi connectivity index (χ1) is 7.41. The second-order valence-corrected chi connectivity index (χ2v) is 4.06. The largest absolute Gasteiger partial charge is 0.390 e. The molecular weight excluding hydrogens is 184 g/mol. The van der Waals surface area contributed by atoms with Gasteiger partial charge in [-0.1, -0.05) is 51.5 Å². The van der Waals surface area contributed by atoms with E-state index in [4.69, 9.17) is 5.73 Å². The SMILES string of the molecule is CCCCCCCCC/C=C/NCCN. The first kappa shape index (κ1) is 14.5. The van der Waals surface area contributed by atoms with Crippen LogP contribution in [0.3, 0.4) is 0 Å². The van der Waals surface area contributed by atoms with Gasteiger partial charge in [0.05, 0.1) is 0 Å². The van der Waals surface area contributed by atoms with Gasteiger partial charge < -0.3 is 11.1 Å². The van der Waals surface area contributed by atoms with Gasteiger partial charge in [-0.15, -0.1) is 0 Å². The summed E-state index contributed by atoms with van der Waals surface area (Å²) in [6, 6.07) is 0. The van der Waals surface area contributed by atoms with Gasteiger partial charge in [0.1, 0.15) is 0 Å². The van der Waals surface area contributed by atoms with Crippen molar-refractivity contribution in [3.05, 3.63) is 12.3 Å². The van der Waals surface area contributed by atoms with Crippen molar-refractivity contribution in [2.75, 3.05) is 13.1 Å². The smallest absolute Gasteiger partial charge is 0.0264 e. The van der Waals surface area contributed by atoms with Gasteiger partial charge in [-0.3, -0.25) is 0 Å². The predicted molar refractivity (Wildman–Crippen MR) is 68.8 cm³/mol. The van der Waals surface area contributed by atoms with E-state index < -0.39 is 0 Å². The van der Waals surface area contributed by atoms with E-state index in [1.165, 1.54) is 51.4 Å². The molecule has 2 heteroatoms. The van der Waals surface area contributed by atoms with E-state index in [0.29, 0.717) is 6.54 Å². The molecule has 0 aliphatic carbocycles. The normalized spacial score (nSPS) is 11.1. The zero-order valence-corrected chi connectivity index (χ0v) is 10.3. The molecule has 0 unspecified atom stereocenters. The molecule has 0 bridgehead atoms. The van der Waals surface area contributed by atoms with Crippen molar-refractivity contribution in [2.45, 2.75) is 58.3 Å². The second-order valence-electron chi connectivity index (χ2n) is 4.06. The Kier molecular flexibility index (Phi) is 13.1. The van der Waals surface area contributed by atoms with Gasteiger partial charge in [0.2, 0.25) is 0 Å². The number of nitrogens with one attached hydrogen (secondary N) is 1. The second kappa shape index (κ2) is 13.5. The Morgan fingerprint density at radius 2 is 1.67 bits per heavy atom. The van der Waals surface area contributed by atoms with Crippen LogP contribution in [-0.2, 0) is 0 Å². The number of unbranched alkanes of at least 4 members (excludes halogenated alkanes) is 7. The molecule has 90 valence electrons. The van der Waals surface area contributed by atoms with Crippen molar-refractivity contribution in [3.63, 3.8) is 0 Å². The Bertz CT molecular complexity index is 132. The minimum absolute atomic E-state index is 0.710. The molecule has 0 radical (unpaired) electrons. The maximum Gasteiger partial charge on any atom is 0.0264 e. The van der Waals surface area contributed by atoms with Gasteiger partial charge in [0, 0.05) is 13.1 Å². The summed E-state index contributed by atoms with van der Waals surface area (Å²) in [7, 11) is 0. The molecule has 0 aromatic carbocycles. The maximum atomic E-state index is 5.35. The van der Waals surface area contributed by atoms with Gasteiger partial charge >= 0.3 is 0 Å². The van der Waals surface area contributed by atoms with Crippen molar-refractivity contribution < 1.29 is 0 Å². The highest BCUT2D eigenvalue weighted by molar-refractivity contribution is 4.79. The van der Waals surface area contributed by atoms with Gasteiger partial charge in [-0.25, -0.2) is 0 Å². The molecule has 0 aliphatic heterocycles. The molecule has 0 aromatic heterocycles. The summed E-state index contributed by atoms with van der Waals surface area (Å²) in [6.45, 7) is 3.86. The lowest BCUT2D eigenvalue weighted by molar-refractivity contribution is 0.592. The molecule has 0 saturated heterocycles. The summed E-state index contributed by atoms with van der Waals surface area (Å²) in [5.74, 6) is 0. The van der Waals surface area contributed by atoms with E-state index in [2.05, 4.69) is 18.3 Å². The molecule has 0 atom stereocenters. The highest BCUT2D eigenvalue weighted by Gasteiger charge is 1.88.